The maximum absolute atomic E-state index is 6.72. The lowest BCUT2D eigenvalue weighted by Crippen LogP contribution is -2.10. The molecule has 0 radical (unpaired) electrons. The summed E-state index contributed by atoms with van der Waals surface area (Å²) in [5, 5.41) is 4.29. The molecule has 212 valence electrons. The highest BCUT2D eigenvalue weighted by Crippen LogP contribution is 2.46. The van der Waals surface area contributed by atoms with Gasteiger partial charge in [-0.3, -0.25) is 0 Å². The van der Waals surface area contributed by atoms with Crippen molar-refractivity contribution in [3.8, 4) is 22.3 Å². The van der Waals surface area contributed by atoms with E-state index in [0.29, 0.717) is 0 Å². The topological polar surface area (TPSA) is 29.5 Å². The molecule has 0 atom stereocenters. The first-order valence-corrected chi connectivity index (χ1v) is 15.2. The van der Waals surface area contributed by atoms with E-state index in [2.05, 4.69) is 144 Å². The smallest absolute Gasteiger partial charge is 0.143 e. The Morgan fingerprint density at radius 2 is 0.911 bits per heavy atom. The number of hydrogen-bond acceptors (Lipinski definition) is 3. The van der Waals surface area contributed by atoms with Gasteiger partial charge in [-0.1, -0.05) is 109 Å². The average molecular weight is 578 g/mol. The molecule has 7 aromatic carbocycles. The van der Waals surface area contributed by atoms with Crippen LogP contribution in [0.4, 0.5) is 17.1 Å². The number of para-hydroxylation sites is 2. The van der Waals surface area contributed by atoms with Crippen LogP contribution in [-0.4, -0.2) is 0 Å². The number of nitrogens with zero attached hydrogens (tertiary/aromatic N) is 1. The van der Waals surface area contributed by atoms with Crippen LogP contribution >= 0.6 is 0 Å². The quantitative estimate of drug-likeness (QED) is 0.204. The molecule has 0 amide bonds. The van der Waals surface area contributed by atoms with E-state index in [1.54, 1.807) is 0 Å². The van der Waals surface area contributed by atoms with Crippen molar-refractivity contribution in [2.24, 2.45) is 0 Å². The van der Waals surface area contributed by atoms with Gasteiger partial charge in [0.1, 0.15) is 22.3 Å². The fraction of sp³-hybridized carbons (Fsp3) is 0. The van der Waals surface area contributed by atoms with Crippen molar-refractivity contribution in [3.05, 3.63) is 164 Å². The summed E-state index contributed by atoms with van der Waals surface area (Å²) in [6.45, 7) is 0. The third-order valence-corrected chi connectivity index (χ3v) is 8.65. The highest BCUT2D eigenvalue weighted by Gasteiger charge is 2.22. The van der Waals surface area contributed by atoms with E-state index in [9.17, 15) is 0 Å². The predicted molar refractivity (Wildman–Crippen MR) is 187 cm³/mol. The predicted octanol–water partition coefficient (Wildman–Crippen LogP) is 12.3. The summed E-state index contributed by atoms with van der Waals surface area (Å²) in [4.78, 5) is 2.33. The first kappa shape index (κ1) is 25.4. The second kappa shape index (κ2) is 10.3. The lowest BCUT2D eigenvalue weighted by molar-refractivity contribution is 0.663. The zero-order valence-corrected chi connectivity index (χ0v) is 24.4. The number of hydrogen-bond donors (Lipinski definition) is 0. The van der Waals surface area contributed by atoms with Gasteiger partial charge in [0.2, 0.25) is 0 Å². The summed E-state index contributed by atoms with van der Waals surface area (Å²) in [6, 6.07) is 57.2. The van der Waals surface area contributed by atoms with Crippen molar-refractivity contribution < 1.29 is 8.83 Å². The Bertz CT molecular complexity index is 2460. The van der Waals surface area contributed by atoms with Gasteiger partial charge in [-0.25, -0.2) is 0 Å². The molecule has 0 unspecified atom stereocenters. The number of anilines is 3. The summed E-state index contributed by atoms with van der Waals surface area (Å²) in [6.07, 6.45) is 0. The van der Waals surface area contributed by atoms with Gasteiger partial charge in [0, 0.05) is 44.2 Å². The summed E-state index contributed by atoms with van der Waals surface area (Å²) in [7, 11) is 0. The molecule has 9 rings (SSSR count). The van der Waals surface area contributed by atoms with Crippen LogP contribution in [0, 0.1) is 0 Å². The molecule has 0 aliphatic heterocycles. The van der Waals surface area contributed by atoms with Crippen LogP contribution in [-0.2, 0) is 0 Å². The van der Waals surface area contributed by atoms with E-state index in [1.807, 2.05) is 24.3 Å². The van der Waals surface area contributed by atoms with E-state index >= 15 is 0 Å². The van der Waals surface area contributed by atoms with Crippen molar-refractivity contribution in [1.82, 2.24) is 0 Å². The number of rotatable bonds is 5. The molecule has 0 saturated carbocycles. The van der Waals surface area contributed by atoms with Crippen LogP contribution in [0.2, 0.25) is 0 Å². The first-order chi connectivity index (χ1) is 22.3. The van der Waals surface area contributed by atoms with Crippen molar-refractivity contribution in [1.29, 1.82) is 0 Å². The Morgan fingerprint density at radius 3 is 1.64 bits per heavy atom. The van der Waals surface area contributed by atoms with Gasteiger partial charge in [0.05, 0.1) is 0 Å². The molecule has 0 aliphatic carbocycles. The van der Waals surface area contributed by atoms with Gasteiger partial charge in [0.15, 0.2) is 0 Å². The zero-order valence-electron chi connectivity index (χ0n) is 24.4. The van der Waals surface area contributed by atoms with Crippen molar-refractivity contribution in [2.75, 3.05) is 4.90 Å². The number of furan rings is 2. The fourth-order valence-electron chi connectivity index (χ4n) is 6.59. The van der Waals surface area contributed by atoms with Gasteiger partial charge < -0.3 is 13.7 Å². The Hall–Kier alpha value is -6.06. The highest BCUT2D eigenvalue weighted by molar-refractivity contribution is 6.27. The lowest BCUT2D eigenvalue weighted by Gasteiger charge is -2.26. The molecular formula is C42H27NO2. The first-order valence-electron chi connectivity index (χ1n) is 15.2. The number of benzene rings is 7. The molecule has 45 heavy (non-hydrogen) atoms. The monoisotopic (exact) mass is 577 g/mol. The third kappa shape index (κ3) is 4.21. The Balaban J connectivity index is 1.34. The van der Waals surface area contributed by atoms with E-state index in [1.165, 1.54) is 11.1 Å². The van der Waals surface area contributed by atoms with Gasteiger partial charge in [-0.15, -0.1) is 0 Å². The Labute approximate surface area is 260 Å². The molecule has 0 spiro atoms. The molecule has 0 fully saturated rings. The summed E-state index contributed by atoms with van der Waals surface area (Å²) in [5.41, 5.74) is 11.2. The molecule has 2 heterocycles. The second-order valence-electron chi connectivity index (χ2n) is 11.3. The molecule has 9 aromatic rings. The maximum atomic E-state index is 6.72. The molecule has 3 heteroatoms. The van der Waals surface area contributed by atoms with Gasteiger partial charge >= 0.3 is 0 Å². The minimum absolute atomic E-state index is 0.844. The molecule has 2 aromatic heterocycles. The van der Waals surface area contributed by atoms with Gasteiger partial charge in [0.25, 0.3) is 0 Å². The fourth-order valence-corrected chi connectivity index (χ4v) is 6.59. The van der Waals surface area contributed by atoms with E-state index < -0.39 is 0 Å². The zero-order chi connectivity index (χ0) is 29.7. The summed E-state index contributed by atoms with van der Waals surface area (Å²) >= 11 is 0. The molecular weight excluding hydrogens is 550 g/mol. The molecule has 3 nitrogen and oxygen atoms in total. The minimum Gasteiger partial charge on any atom is -0.456 e. The standard InChI is InChI=1S/C42H27NO2/c1-4-12-28(13-5-1)29-20-22-32(23-21-29)43(31-16-8-3-9-17-31)33-26-35(30-14-6-2-7-15-30)42-36(27-33)41-39(45-42)25-24-38-40(41)34-18-10-11-19-37(34)44-38/h1-27H. The van der Waals surface area contributed by atoms with Crippen LogP contribution in [0.15, 0.2) is 173 Å². The SMILES string of the molecule is c1ccc(-c2ccc(N(c3ccccc3)c3cc(-c4ccccc4)c4oc5ccc6oc7ccccc7c6c5c4c3)cc2)cc1. The summed E-state index contributed by atoms with van der Waals surface area (Å²) in [5.74, 6) is 0. The Morgan fingerprint density at radius 1 is 0.356 bits per heavy atom. The average Bonchev–Trinajstić information content (AvgIpc) is 3.68. The molecule has 0 saturated heterocycles. The van der Waals surface area contributed by atoms with Crippen LogP contribution in [0.5, 0.6) is 0 Å². The van der Waals surface area contributed by atoms with Gasteiger partial charge in [-0.2, -0.15) is 0 Å². The molecule has 0 bridgehead atoms. The van der Waals surface area contributed by atoms with Crippen LogP contribution < -0.4 is 4.90 Å². The molecule has 0 aliphatic rings. The van der Waals surface area contributed by atoms with Crippen molar-refractivity contribution >= 4 is 60.9 Å². The largest absolute Gasteiger partial charge is 0.456 e. The third-order valence-electron chi connectivity index (χ3n) is 8.65. The normalized spacial score (nSPS) is 11.6. The maximum Gasteiger partial charge on any atom is 0.143 e. The number of fused-ring (bicyclic) bond motifs is 7. The van der Waals surface area contributed by atoms with Crippen molar-refractivity contribution in [2.45, 2.75) is 0 Å². The van der Waals surface area contributed by atoms with E-state index in [4.69, 9.17) is 8.83 Å². The van der Waals surface area contributed by atoms with Crippen LogP contribution in [0.25, 0.3) is 66.1 Å². The lowest BCUT2D eigenvalue weighted by atomic mass is 9.98. The van der Waals surface area contributed by atoms with Gasteiger partial charge in [-0.05, 0) is 71.3 Å². The van der Waals surface area contributed by atoms with E-state index in [0.717, 1.165) is 72.1 Å². The van der Waals surface area contributed by atoms with E-state index in [-0.39, 0.29) is 0 Å². The minimum atomic E-state index is 0.844. The summed E-state index contributed by atoms with van der Waals surface area (Å²) < 4.78 is 13.0. The van der Waals surface area contributed by atoms with Crippen LogP contribution in [0.3, 0.4) is 0 Å². The highest BCUT2D eigenvalue weighted by atomic mass is 16.3. The van der Waals surface area contributed by atoms with Crippen molar-refractivity contribution in [3.63, 3.8) is 0 Å². The van der Waals surface area contributed by atoms with Crippen LogP contribution in [0.1, 0.15) is 0 Å². The molecule has 0 N–H and O–H groups in total. The Kier molecular flexibility index (Phi) is 5.82. The second-order valence-corrected chi connectivity index (χ2v) is 11.3.